The second-order valence-electron chi connectivity index (χ2n) is 4.82. The fraction of sp³-hybridized carbons (Fsp3) is 0.214. The monoisotopic (exact) mass is 286 g/mol. The van der Waals surface area contributed by atoms with E-state index in [0.29, 0.717) is 24.0 Å². The fourth-order valence-electron chi connectivity index (χ4n) is 2.43. The molecule has 0 aliphatic rings. The molecule has 21 heavy (non-hydrogen) atoms. The number of fused-ring (bicyclic) bond motifs is 1. The van der Waals surface area contributed by atoms with Gasteiger partial charge in [-0.1, -0.05) is 6.07 Å². The third-order valence-electron chi connectivity index (χ3n) is 3.38. The Hall–Kier alpha value is -2.83. The van der Waals surface area contributed by atoms with Gasteiger partial charge in [0, 0.05) is 26.2 Å². The summed E-state index contributed by atoms with van der Waals surface area (Å²) in [5.74, 6) is -1.05. The molecule has 3 aromatic rings. The topological polar surface area (TPSA) is 92.9 Å². The first-order valence-corrected chi connectivity index (χ1v) is 6.49. The van der Waals surface area contributed by atoms with Crippen molar-refractivity contribution in [1.82, 2.24) is 19.3 Å². The van der Waals surface area contributed by atoms with Crippen molar-refractivity contribution in [3.8, 4) is 0 Å². The lowest BCUT2D eigenvalue weighted by molar-refractivity contribution is 0.0698. The Kier molecular flexibility index (Phi) is 3.09. The van der Waals surface area contributed by atoms with Crippen LogP contribution in [0.5, 0.6) is 0 Å². The van der Waals surface area contributed by atoms with Crippen molar-refractivity contribution in [2.24, 2.45) is 7.05 Å². The molecule has 0 amide bonds. The van der Waals surface area contributed by atoms with Gasteiger partial charge in [0.1, 0.15) is 0 Å². The Morgan fingerprint density at radius 3 is 2.86 bits per heavy atom. The van der Waals surface area contributed by atoms with Crippen LogP contribution in [0.2, 0.25) is 0 Å². The third-order valence-corrected chi connectivity index (χ3v) is 3.38. The molecule has 0 unspecified atom stereocenters. The summed E-state index contributed by atoms with van der Waals surface area (Å²) in [6.45, 7) is 0.375. The minimum atomic E-state index is -1.05. The molecule has 0 bridgehead atoms. The number of carboxylic acids is 1. The predicted octanol–water partition coefficient (Wildman–Crippen LogP) is 1.00. The van der Waals surface area contributed by atoms with E-state index in [1.54, 1.807) is 16.8 Å². The van der Waals surface area contributed by atoms with Gasteiger partial charge in [-0.05, 0) is 18.2 Å². The molecule has 0 saturated carbocycles. The van der Waals surface area contributed by atoms with Gasteiger partial charge in [-0.15, -0.1) is 0 Å². The van der Waals surface area contributed by atoms with Crippen LogP contribution in [0.15, 0.2) is 35.3 Å². The highest BCUT2D eigenvalue weighted by atomic mass is 16.4. The van der Waals surface area contributed by atoms with Crippen molar-refractivity contribution < 1.29 is 9.90 Å². The summed E-state index contributed by atoms with van der Waals surface area (Å²) in [5, 5.41) is 13.5. The van der Waals surface area contributed by atoms with Gasteiger partial charge >= 0.3 is 11.7 Å². The quantitative estimate of drug-likeness (QED) is 0.748. The zero-order valence-electron chi connectivity index (χ0n) is 11.4. The number of hydrogen-bond acceptors (Lipinski definition) is 3. The normalized spacial score (nSPS) is 11.1. The van der Waals surface area contributed by atoms with Crippen LogP contribution in [0.3, 0.4) is 0 Å². The van der Waals surface area contributed by atoms with Crippen LogP contribution in [0.25, 0.3) is 11.0 Å². The van der Waals surface area contributed by atoms with Crippen LogP contribution in [0.1, 0.15) is 16.1 Å². The molecule has 7 heteroatoms. The van der Waals surface area contributed by atoms with E-state index in [9.17, 15) is 14.7 Å². The Morgan fingerprint density at radius 2 is 2.19 bits per heavy atom. The van der Waals surface area contributed by atoms with E-state index in [0.717, 1.165) is 5.69 Å². The number of imidazole rings is 1. The van der Waals surface area contributed by atoms with Crippen molar-refractivity contribution in [1.29, 1.82) is 0 Å². The Morgan fingerprint density at radius 1 is 1.38 bits per heavy atom. The van der Waals surface area contributed by atoms with Crippen molar-refractivity contribution >= 4 is 17.0 Å². The average molecular weight is 286 g/mol. The van der Waals surface area contributed by atoms with E-state index in [-0.39, 0.29) is 11.3 Å². The number of para-hydroxylation sites is 1. The first-order valence-electron chi connectivity index (χ1n) is 6.49. The predicted molar refractivity (Wildman–Crippen MR) is 76.4 cm³/mol. The number of aromatic nitrogens is 4. The maximum atomic E-state index is 12.0. The molecule has 3 rings (SSSR count). The number of benzene rings is 1. The van der Waals surface area contributed by atoms with E-state index < -0.39 is 5.97 Å². The van der Waals surface area contributed by atoms with Gasteiger partial charge in [0.15, 0.2) is 0 Å². The number of hydrogen-bond donors (Lipinski definition) is 2. The molecule has 2 aromatic heterocycles. The lowest BCUT2D eigenvalue weighted by Crippen LogP contribution is -2.19. The summed E-state index contributed by atoms with van der Waals surface area (Å²) < 4.78 is 3.14. The second kappa shape index (κ2) is 4.93. The average Bonchev–Trinajstić information content (AvgIpc) is 2.98. The van der Waals surface area contributed by atoms with E-state index in [1.165, 1.54) is 10.6 Å². The van der Waals surface area contributed by atoms with Crippen LogP contribution in [0.4, 0.5) is 0 Å². The number of aryl methyl sites for hydroxylation is 3. The molecule has 2 heterocycles. The fourth-order valence-corrected chi connectivity index (χ4v) is 2.43. The lowest BCUT2D eigenvalue weighted by Gasteiger charge is -2.04. The van der Waals surface area contributed by atoms with Crippen LogP contribution in [-0.2, 0) is 20.0 Å². The molecule has 0 atom stereocenters. The molecular formula is C14H14N4O3. The summed E-state index contributed by atoms with van der Waals surface area (Å²) in [5.41, 5.74) is 1.61. The van der Waals surface area contributed by atoms with E-state index in [4.69, 9.17) is 0 Å². The minimum absolute atomic E-state index is 0.117. The molecule has 108 valence electrons. The molecule has 0 aliphatic heterocycles. The number of aromatic amines is 1. The van der Waals surface area contributed by atoms with Crippen LogP contribution in [0, 0.1) is 0 Å². The number of nitrogens with one attached hydrogen (secondary N) is 1. The summed E-state index contributed by atoms with van der Waals surface area (Å²) >= 11 is 0. The Balaban J connectivity index is 2.03. The molecular weight excluding hydrogens is 272 g/mol. The molecule has 1 aromatic carbocycles. The summed E-state index contributed by atoms with van der Waals surface area (Å²) in [4.78, 5) is 26.0. The minimum Gasteiger partial charge on any atom is -0.478 e. The molecule has 0 spiro atoms. The zero-order chi connectivity index (χ0) is 15.0. The highest BCUT2D eigenvalue weighted by Gasteiger charge is 2.15. The van der Waals surface area contributed by atoms with Crippen molar-refractivity contribution in [2.45, 2.75) is 13.0 Å². The van der Waals surface area contributed by atoms with Crippen LogP contribution >= 0.6 is 0 Å². The molecule has 0 radical (unpaired) electrons. The maximum Gasteiger partial charge on any atom is 0.337 e. The Bertz CT molecular complexity index is 872. The SMILES string of the molecule is Cn1ccc(CCn2c(=O)[nH]c3cccc(C(=O)O)c32)n1. The largest absolute Gasteiger partial charge is 0.478 e. The van der Waals surface area contributed by atoms with Gasteiger partial charge in [-0.25, -0.2) is 9.59 Å². The van der Waals surface area contributed by atoms with Crippen molar-refractivity contribution in [3.05, 3.63) is 52.2 Å². The van der Waals surface area contributed by atoms with Gasteiger partial charge in [0.05, 0.1) is 22.3 Å². The number of nitrogens with zero attached hydrogens (tertiary/aromatic N) is 3. The number of carbonyl (C=O) groups is 1. The van der Waals surface area contributed by atoms with E-state index in [1.807, 2.05) is 19.3 Å². The molecule has 0 saturated heterocycles. The first-order chi connectivity index (χ1) is 10.1. The third kappa shape index (κ3) is 2.33. The summed E-state index contributed by atoms with van der Waals surface area (Å²) in [7, 11) is 1.82. The number of H-pyrrole nitrogens is 1. The van der Waals surface area contributed by atoms with Crippen molar-refractivity contribution in [2.75, 3.05) is 0 Å². The first kappa shape index (κ1) is 13.2. The van der Waals surface area contributed by atoms with Crippen LogP contribution in [-0.4, -0.2) is 30.4 Å². The standard InChI is InChI=1S/C14H14N4O3/c1-17-7-5-9(16-17)6-8-18-12-10(13(19)20)3-2-4-11(12)15-14(18)21/h2-5,7H,6,8H2,1H3,(H,15,21)(H,19,20). The van der Waals surface area contributed by atoms with Crippen LogP contribution < -0.4 is 5.69 Å². The highest BCUT2D eigenvalue weighted by molar-refractivity contribution is 6.01. The zero-order valence-corrected chi connectivity index (χ0v) is 11.4. The number of carboxylic acid groups (broad SMARTS) is 1. The highest BCUT2D eigenvalue weighted by Crippen LogP contribution is 2.16. The number of rotatable bonds is 4. The smallest absolute Gasteiger partial charge is 0.337 e. The Labute approximate surface area is 119 Å². The molecule has 2 N–H and O–H groups in total. The van der Waals surface area contributed by atoms with Gasteiger partial charge < -0.3 is 10.1 Å². The van der Waals surface area contributed by atoms with Gasteiger partial charge in [0.2, 0.25) is 0 Å². The summed E-state index contributed by atoms with van der Waals surface area (Å²) in [6.07, 6.45) is 2.39. The van der Waals surface area contributed by atoms with Gasteiger partial charge in [0.25, 0.3) is 0 Å². The lowest BCUT2D eigenvalue weighted by atomic mass is 10.2. The second-order valence-corrected chi connectivity index (χ2v) is 4.82. The summed E-state index contributed by atoms with van der Waals surface area (Å²) in [6, 6.07) is 6.68. The molecule has 0 fully saturated rings. The maximum absolute atomic E-state index is 12.0. The number of aromatic carboxylic acids is 1. The molecule has 7 nitrogen and oxygen atoms in total. The van der Waals surface area contributed by atoms with E-state index >= 15 is 0 Å². The van der Waals surface area contributed by atoms with Gasteiger partial charge in [-0.2, -0.15) is 5.10 Å². The molecule has 0 aliphatic carbocycles. The van der Waals surface area contributed by atoms with Gasteiger partial charge in [-0.3, -0.25) is 9.25 Å². The van der Waals surface area contributed by atoms with E-state index in [2.05, 4.69) is 10.1 Å². The van der Waals surface area contributed by atoms with Crippen molar-refractivity contribution in [3.63, 3.8) is 0 Å².